The number of nitrogens with one attached hydrogen (secondary N) is 1. The van der Waals surface area contributed by atoms with Gasteiger partial charge >= 0.3 is 0 Å². The summed E-state index contributed by atoms with van der Waals surface area (Å²) in [4.78, 5) is 2.53. The highest BCUT2D eigenvalue weighted by molar-refractivity contribution is 7.92. The Balaban J connectivity index is 1.58. The molecule has 2 heterocycles. The van der Waals surface area contributed by atoms with E-state index >= 15 is 0 Å². The van der Waals surface area contributed by atoms with E-state index in [0.717, 1.165) is 41.2 Å². The summed E-state index contributed by atoms with van der Waals surface area (Å²) in [5, 5.41) is 8.71. The van der Waals surface area contributed by atoms with E-state index < -0.39 is 10.0 Å². The van der Waals surface area contributed by atoms with Crippen molar-refractivity contribution in [3.05, 3.63) is 65.2 Å². The molecule has 30 heavy (non-hydrogen) atoms. The van der Waals surface area contributed by atoms with Crippen LogP contribution in [0.25, 0.3) is 11.3 Å². The summed E-state index contributed by atoms with van der Waals surface area (Å²) in [6.07, 6.45) is 2.37. The van der Waals surface area contributed by atoms with Gasteiger partial charge in [0.2, 0.25) is 0 Å². The molecule has 3 aromatic rings. The fraction of sp³-hybridized carbons (Fsp3) is 0.304. The number of anilines is 2. The van der Waals surface area contributed by atoms with Gasteiger partial charge in [-0.1, -0.05) is 18.2 Å². The summed E-state index contributed by atoms with van der Waals surface area (Å²) in [5.41, 5.74) is 4.77. The van der Waals surface area contributed by atoms with E-state index in [0.29, 0.717) is 16.3 Å². The molecule has 0 amide bonds. The molecule has 0 saturated carbocycles. The zero-order chi connectivity index (χ0) is 21.3. The van der Waals surface area contributed by atoms with Gasteiger partial charge in [-0.05, 0) is 80.6 Å². The maximum Gasteiger partial charge on any atom is 0.262 e. The zero-order valence-corrected chi connectivity index (χ0v) is 18.3. The highest BCUT2D eigenvalue weighted by Crippen LogP contribution is 2.26. The van der Waals surface area contributed by atoms with Crippen LogP contribution in [0.4, 0.5) is 11.5 Å². The van der Waals surface area contributed by atoms with Crippen LogP contribution in [-0.4, -0.2) is 31.7 Å². The third-order valence-corrected chi connectivity index (χ3v) is 7.10. The molecule has 0 spiro atoms. The van der Waals surface area contributed by atoms with Crippen molar-refractivity contribution in [3.63, 3.8) is 0 Å². The van der Waals surface area contributed by atoms with E-state index in [2.05, 4.69) is 19.8 Å². The maximum absolute atomic E-state index is 13.0. The van der Waals surface area contributed by atoms with Crippen LogP contribution >= 0.6 is 0 Å². The number of aromatic nitrogens is 2. The summed E-state index contributed by atoms with van der Waals surface area (Å²) in [5.74, 6) is 0.887. The minimum absolute atomic E-state index is 0.297. The largest absolute Gasteiger partial charge is 0.355 e. The smallest absolute Gasteiger partial charge is 0.262 e. The van der Waals surface area contributed by atoms with Crippen LogP contribution in [0.3, 0.4) is 0 Å². The monoisotopic (exact) mass is 422 g/mol. The van der Waals surface area contributed by atoms with E-state index in [1.807, 2.05) is 51.1 Å². The quantitative estimate of drug-likeness (QED) is 0.657. The molecule has 0 bridgehead atoms. The molecule has 0 radical (unpaired) electrons. The lowest BCUT2D eigenvalue weighted by Gasteiger charge is -2.15. The van der Waals surface area contributed by atoms with Gasteiger partial charge in [0.05, 0.1) is 10.6 Å². The maximum atomic E-state index is 13.0. The molecule has 1 fully saturated rings. The third-order valence-electron chi connectivity index (χ3n) is 5.57. The lowest BCUT2D eigenvalue weighted by Crippen LogP contribution is -2.19. The zero-order valence-electron chi connectivity index (χ0n) is 17.5. The van der Waals surface area contributed by atoms with Gasteiger partial charge in [-0.15, -0.1) is 10.2 Å². The second-order valence-corrected chi connectivity index (χ2v) is 9.51. The first-order valence-electron chi connectivity index (χ1n) is 10.1. The molecule has 1 N–H and O–H groups in total. The van der Waals surface area contributed by atoms with Crippen molar-refractivity contribution < 1.29 is 8.42 Å². The van der Waals surface area contributed by atoms with Crippen molar-refractivity contribution in [1.82, 2.24) is 10.2 Å². The molecule has 2 aromatic carbocycles. The highest BCUT2D eigenvalue weighted by Gasteiger charge is 2.19. The van der Waals surface area contributed by atoms with Crippen molar-refractivity contribution in [2.45, 2.75) is 38.5 Å². The van der Waals surface area contributed by atoms with Gasteiger partial charge in [0, 0.05) is 24.3 Å². The molecule has 1 saturated heterocycles. The van der Waals surface area contributed by atoms with Gasteiger partial charge in [-0.2, -0.15) is 0 Å². The van der Waals surface area contributed by atoms with Gasteiger partial charge in [0.25, 0.3) is 10.0 Å². The molecule has 7 heteroatoms. The molecular weight excluding hydrogens is 396 g/mol. The molecule has 1 aromatic heterocycles. The number of sulfonamides is 1. The molecule has 6 nitrogen and oxygen atoms in total. The SMILES string of the molecule is Cc1cc(C)c(S(=O)(=O)Nc2cccc(-c3ccc(N4CCCC4)nn3)c2)cc1C. The normalized spacial score (nSPS) is 14.2. The van der Waals surface area contributed by atoms with E-state index in [9.17, 15) is 8.42 Å². The Labute approximate surface area is 178 Å². The molecule has 4 rings (SSSR count). The second-order valence-electron chi connectivity index (χ2n) is 7.86. The van der Waals surface area contributed by atoms with Crippen molar-refractivity contribution in [2.24, 2.45) is 0 Å². The standard InChI is InChI=1S/C23H26N4O2S/c1-16-13-18(3)22(14-17(16)2)30(28,29)26-20-8-6-7-19(15-20)21-9-10-23(25-24-21)27-11-4-5-12-27/h6-10,13-15,26H,4-5,11-12H2,1-3H3. The van der Waals surface area contributed by atoms with Gasteiger partial charge in [-0.25, -0.2) is 8.42 Å². The number of aryl methyl sites for hydroxylation is 3. The molecule has 0 atom stereocenters. The first kappa shape index (κ1) is 20.3. The number of nitrogens with zero attached hydrogens (tertiary/aromatic N) is 3. The predicted molar refractivity (Wildman–Crippen MR) is 120 cm³/mol. The van der Waals surface area contributed by atoms with Crippen LogP contribution in [0.1, 0.15) is 29.5 Å². The number of hydrogen-bond donors (Lipinski definition) is 1. The molecule has 0 unspecified atom stereocenters. The lowest BCUT2D eigenvalue weighted by molar-refractivity contribution is 0.600. The van der Waals surface area contributed by atoms with E-state index in [1.165, 1.54) is 12.8 Å². The Hall–Kier alpha value is -2.93. The Kier molecular flexibility index (Phi) is 5.47. The minimum atomic E-state index is -3.69. The molecule has 0 aliphatic carbocycles. The third kappa shape index (κ3) is 4.16. The van der Waals surface area contributed by atoms with E-state index in [4.69, 9.17) is 0 Å². The number of hydrogen-bond acceptors (Lipinski definition) is 5. The average molecular weight is 423 g/mol. The van der Waals surface area contributed by atoms with E-state index in [-0.39, 0.29) is 0 Å². The second kappa shape index (κ2) is 8.07. The van der Waals surface area contributed by atoms with Gasteiger partial charge in [0.1, 0.15) is 0 Å². The van der Waals surface area contributed by atoms with Crippen molar-refractivity contribution in [2.75, 3.05) is 22.7 Å². The Morgan fingerprint density at radius 1 is 0.867 bits per heavy atom. The van der Waals surface area contributed by atoms with Crippen LogP contribution in [0, 0.1) is 20.8 Å². The lowest BCUT2D eigenvalue weighted by atomic mass is 10.1. The molecule has 156 valence electrons. The van der Waals surface area contributed by atoms with Crippen molar-refractivity contribution in [1.29, 1.82) is 0 Å². The Morgan fingerprint density at radius 3 is 2.30 bits per heavy atom. The van der Waals surface area contributed by atoms with Crippen LogP contribution in [0.5, 0.6) is 0 Å². The van der Waals surface area contributed by atoms with Crippen molar-refractivity contribution in [3.8, 4) is 11.3 Å². The number of rotatable bonds is 5. The fourth-order valence-corrected chi connectivity index (χ4v) is 5.13. The van der Waals surface area contributed by atoms with Gasteiger partial charge in [0.15, 0.2) is 5.82 Å². The summed E-state index contributed by atoms with van der Waals surface area (Å²) < 4.78 is 28.7. The van der Waals surface area contributed by atoms with Gasteiger partial charge in [-0.3, -0.25) is 4.72 Å². The molecular formula is C23H26N4O2S. The highest BCUT2D eigenvalue weighted by atomic mass is 32.2. The predicted octanol–water partition coefficient (Wildman–Crippen LogP) is 4.47. The summed E-state index contributed by atoms with van der Waals surface area (Å²) >= 11 is 0. The minimum Gasteiger partial charge on any atom is -0.355 e. The first-order chi connectivity index (χ1) is 14.3. The van der Waals surface area contributed by atoms with Crippen LogP contribution < -0.4 is 9.62 Å². The van der Waals surface area contributed by atoms with Crippen LogP contribution in [0.2, 0.25) is 0 Å². The topological polar surface area (TPSA) is 75.2 Å². The number of benzene rings is 2. The summed E-state index contributed by atoms with van der Waals surface area (Å²) in [6.45, 7) is 7.74. The summed E-state index contributed by atoms with van der Waals surface area (Å²) in [7, 11) is -3.69. The van der Waals surface area contributed by atoms with Crippen LogP contribution in [0.15, 0.2) is 53.4 Å². The van der Waals surface area contributed by atoms with E-state index in [1.54, 1.807) is 18.2 Å². The summed E-state index contributed by atoms with van der Waals surface area (Å²) in [6, 6.07) is 14.8. The van der Waals surface area contributed by atoms with Gasteiger partial charge < -0.3 is 4.90 Å². The Morgan fingerprint density at radius 2 is 1.60 bits per heavy atom. The van der Waals surface area contributed by atoms with Crippen LogP contribution in [-0.2, 0) is 10.0 Å². The average Bonchev–Trinajstić information content (AvgIpc) is 3.25. The molecule has 1 aliphatic rings. The fourth-order valence-electron chi connectivity index (χ4n) is 3.77. The van der Waals surface area contributed by atoms with Crippen molar-refractivity contribution >= 4 is 21.5 Å². The Bertz CT molecular complexity index is 1170. The first-order valence-corrected chi connectivity index (χ1v) is 11.6. The molecule has 1 aliphatic heterocycles.